The van der Waals surface area contributed by atoms with Crippen LogP contribution in [0.25, 0.3) is 0 Å². The summed E-state index contributed by atoms with van der Waals surface area (Å²) in [6.45, 7) is 5.99. The van der Waals surface area contributed by atoms with Gasteiger partial charge in [-0.15, -0.1) is 0 Å². The number of nitrogens with zero attached hydrogens (tertiary/aromatic N) is 1. The van der Waals surface area contributed by atoms with E-state index >= 15 is 0 Å². The van der Waals surface area contributed by atoms with Crippen molar-refractivity contribution < 1.29 is 9.84 Å². The number of phenolic OH excluding ortho intramolecular Hbond substituents is 1. The number of ether oxygens (including phenoxy) is 1. The van der Waals surface area contributed by atoms with Crippen LogP contribution in [-0.4, -0.2) is 48.4 Å². The van der Waals surface area contributed by atoms with Gasteiger partial charge in [0, 0.05) is 25.7 Å². The molecule has 1 atom stereocenters. The van der Waals surface area contributed by atoms with Crippen molar-refractivity contribution in [3.8, 4) is 5.75 Å². The summed E-state index contributed by atoms with van der Waals surface area (Å²) in [5, 5.41) is 9.33. The second-order valence-electron chi connectivity index (χ2n) is 5.97. The first-order valence-corrected chi connectivity index (χ1v) is 8.02. The number of hydrogen-bond acceptors (Lipinski definition) is 4. The van der Waals surface area contributed by atoms with Crippen molar-refractivity contribution in [1.82, 2.24) is 4.90 Å². The summed E-state index contributed by atoms with van der Waals surface area (Å²) in [7, 11) is 0. The fraction of sp³-hybridized carbons (Fsp3) is 0.647. The topological polar surface area (TPSA) is 58.7 Å². The third-order valence-corrected chi connectivity index (χ3v) is 4.27. The molecule has 2 rings (SSSR count). The van der Waals surface area contributed by atoms with Crippen LogP contribution in [0.1, 0.15) is 31.7 Å². The lowest BCUT2D eigenvalue weighted by Crippen LogP contribution is -2.43. The van der Waals surface area contributed by atoms with Crippen LogP contribution in [0, 0.1) is 0 Å². The van der Waals surface area contributed by atoms with Crippen LogP contribution in [0.5, 0.6) is 5.75 Å². The van der Waals surface area contributed by atoms with Crippen LogP contribution in [0.2, 0.25) is 0 Å². The van der Waals surface area contributed by atoms with E-state index in [9.17, 15) is 5.11 Å². The van der Waals surface area contributed by atoms with Crippen LogP contribution >= 0.6 is 0 Å². The molecule has 1 unspecified atom stereocenters. The quantitative estimate of drug-likeness (QED) is 0.756. The van der Waals surface area contributed by atoms with Gasteiger partial charge in [-0.3, -0.25) is 0 Å². The van der Waals surface area contributed by atoms with Crippen molar-refractivity contribution in [3.05, 3.63) is 29.8 Å². The Morgan fingerprint density at radius 1 is 1.29 bits per heavy atom. The zero-order valence-electron chi connectivity index (χ0n) is 13.0. The second kappa shape index (κ2) is 8.37. The zero-order valence-corrected chi connectivity index (χ0v) is 13.0. The molecule has 3 N–H and O–H groups in total. The minimum Gasteiger partial charge on any atom is -0.508 e. The maximum absolute atomic E-state index is 9.33. The number of benzene rings is 1. The lowest BCUT2D eigenvalue weighted by molar-refractivity contribution is -0.000417. The van der Waals surface area contributed by atoms with Gasteiger partial charge in [-0.25, -0.2) is 0 Å². The fourth-order valence-corrected chi connectivity index (χ4v) is 2.92. The van der Waals surface area contributed by atoms with Crippen LogP contribution in [-0.2, 0) is 11.2 Å². The Balaban J connectivity index is 1.72. The summed E-state index contributed by atoms with van der Waals surface area (Å²) in [6, 6.07) is 8.07. The van der Waals surface area contributed by atoms with E-state index in [0.717, 1.165) is 45.4 Å². The second-order valence-corrected chi connectivity index (χ2v) is 5.97. The van der Waals surface area contributed by atoms with Crippen molar-refractivity contribution in [2.24, 2.45) is 5.73 Å². The molecule has 0 aromatic heterocycles. The molecule has 4 nitrogen and oxygen atoms in total. The number of likely N-dealkylation sites (tertiary alicyclic amines) is 1. The highest BCUT2D eigenvalue weighted by molar-refractivity contribution is 5.26. The summed E-state index contributed by atoms with van der Waals surface area (Å²) in [6.07, 6.45) is 4.62. The van der Waals surface area contributed by atoms with Crippen molar-refractivity contribution in [3.63, 3.8) is 0 Å². The maximum atomic E-state index is 9.33. The van der Waals surface area contributed by atoms with Crippen LogP contribution in [0.4, 0.5) is 0 Å². The summed E-state index contributed by atoms with van der Waals surface area (Å²) in [4.78, 5) is 2.54. The van der Waals surface area contributed by atoms with Gasteiger partial charge in [0.25, 0.3) is 0 Å². The molecule has 21 heavy (non-hydrogen) atoms. The highest BCUT2D eigenvalue weighted by atomic mass is 16.5. The average molecular weight is 292 g/mol. The Morgan fingerprint density at radius 2 is 1.95 bits per heavy atom. The molecule has 118 valence electrons. The molecule has 0 aliphatic carbocycles. The first-order chi connectivity index (χ1) is 10.2. The van der Waals surface area contributed by atoms with Gasteiger partial charge in [0.15, 0.2) is 0 Å². The van der Waals surface area contributed by atoms with E-state index in [1.165, 1.54) is 5.56 Å². The molecule has 1 fully saturated rings. The molecule has 1 aromatic carbocycles. The Labute approximate surface area is 127 Å². The molecule has 4 heteroatoms. The van der Waals surface area contributed by atoms with Gasteiger partial charge in [0.2, 0.25) is 0 Å². The molecule has 0 bridgehead atoms. The molecule has 1 aliphatic rings. The van der Waals surface area contributed by atoms with Crippen LogP contribution in [0.3, 0.4) is 0 Å². The van der Waals surface area contributed by atoms with Gasteiger partial charge in [-0.2, -0.15) is 0 Å². The first-order valence-electron chi connectivity index (χ1n) is 8.02. The van der Waals surface area contributed by atoms with Crippen molar-refractivity contribution in [2.45, 2.75) is 44.8 Å². The smallest absolute Gasteiger partial charge is 0.115 e. The molecule has 1 heterocycles. The SMILES string of the molecule is CC(Cc1ccc(O)cc1)N1CCC(OCCCN)CC1. The van der Waals surface area contributed by atoms with Gasteiger partial charge < -0.3 is 20.5 Å². The number of nitrogens with two attached hydrogens (primary N) is 1. The van der Waals surface area contributed by atoms with E-state index in [0.29, 0.717) is 24.4 Å². The van der Waals surface area contributed by atoms with E-state index in [-0.39, 0.29) is 0 Å². The third-order valence-electron chi connectivity index (χ3n) is 4.27. The van der Waals surface area contributed by atoms with Crippen molar-refractivity contribution in [1.29, 1.82) is 0 Å². The molecule has 1 saturated heterocycles. The molecule has 1 aromatic rings. The molecule has 0 saturated carbocycles. The van der Waals surface area contributed by atoms with Crippen LogP contribution in [0.15, 0.2) is 24.3 Å². The molecule has 0 spiro atoms. The number of piperidine rings is 1. The van der Waals surface area contributed by atoms with E-state index < -0.39 is 0 Å². The third kappa shape index (κ3) is 5.30. The van der Waals surface area contributed by atoms with Gasteiger partial charge in [0.05, 0.1) is 6.10 Å². The number of hydrogen-bond donors (Lipinski definition) is 2. The first kappa shape index (κ1) is 16.3. The zero-order chi connectivity index (χ0) is 15.1. The monoisotopic (exact) mass is 292 g/mol. The average Bonchev–Trinajstić information content (AvgIpc) is 2.50. The largest absolute Gasteiger partial charge is 0.508 e. The Bertz CT molecular complexity index is 400. The maximum Gasteiger partial charge on any atom is 0.115 e. The molecule has 1 aliphatic heterocycles. The predicted molar refractivity (Wildman–Crippen MR) is 85.5 cm³/mol. The lowest BCUT2D eigenvalue weighted by Gasteiger charge is -2.36. The number of phenols is 1. The van der Waals surface area contributed by atoms with E-state index in [2.05, 4.69) is 11.8 Å². The van der Waals surface area contributed by atoms with Crippen molar-refractivity contribution >= 4 is 0 Å². The normalized spacial score (nSPS) is 18.8. The minimum atomic E-state index is 0.335. The lowest BCUT2D eigenvalue weighted by atomic mass is 10.0. The Hall–Kier alpha value is -1.10. The molecule has 0 radical (unpaired) electrons. The summed E-state index contributed by atoms with van der Waals surface area (Å²) >= 11 is 0. The van der Waals surface area contributed by atoms with Gasteiger partial charge in [-0.05, 0) is 56.8 Å². The molecular formula is C17H28N2O2. The Kier molecular flexibility index (Phi) is 6.49. The molecular weight excluding hydrogens is 264 g/mol. The van der Waals surface area contributed by atoms with Gasteiger partial charge in [-0.1, -0.05) is 12.1 Å². The number of rotatable bonds is 7. The minimum absolute atomic E-state index is 0.335. The Morgan fingerprint density at radius 3 is 2.57 bits per heavy atom. The van der Waals surface area contributed by atoms with Crippen LogP contribution < -0.4 is 5.73 Å². The fourth-order valence-electron chi connectivity index (χ4n) is 2.92. The van der Waals surface area contributed by atoms with E-state index in [4.69, 9.17) is 10.5 Å². The van der Waals surface area contributed by atoms with E-state index in [1.807, 2.05) is 12.1 Å². The van der Waals surface area contributed by atoms with E-state index in [1.54, 1.807) is 12.1 Å². The summed E-state index contributed by atoms with van der Waals surface area (Å²) in [5.41, 5.74) is 6.76. The summed E-state index contributed by atoms with van der Waals surface area (Å²) < 4.78 is 5.85. The molecule has 0 amide bonds. The number of aromatic hydroxyl groups is 1. The highest BCUT2D eigenvalue weighted by Gasteiger charge is 2.23. The summed E-state index contributed by atoms with van der Waals surface area (Å²) in [5.74, 6) is 0.335. The highest BCUT2D eigenvalue weighted by Crippen LogP contribution is 2.19. The van der Waals surface area contributed by atoms with Crippen molar-refractivity contribution in [2.75, 3.05) is 26.2 Å². The van der Waals surface area contributed by atoms with Gasteiger partial charge >= 0.3 is 0 Å². The van der Waals surface area contributed by atoms with Gasteiger partial charge in [0.1, 0.15) is 5.75 Å². The standard InChI is InChI=1S/C17H28N2O2/c1-14(13-15-3-5-16(20)6-4-15)19-10-7-17(8-11-19)21-12-2-9-18/h3-6,14,17,20H,2,7-13,18H2,1H3. The predicted octanol–water partition coefficient (Wildman–Crippen LogP) is 2.15.